The van der Waals surface area contributed by atoms with Crippen LogP contribution in [0.1, 0.15) is 42.1 Å². The van der Waals surface area contributed by atoms with Crippen LogP contribution in [0.15, 0.2) is 18.2 Å². The smallest absolute Gasteiger partial charge is 0.170 e. The average molecular weight is 261 g/mol. The van der Waals surface area contributed by atoms with E-state index in [0.717, 1.165) is 49.2 Å². The van der Waals surface area contributed by atoms with Gasteiger partial charge in [-0.1, -0.05) is 13.3 Å². The van der Waals surface area contributed by atoms with Gasteiger partial charge >= 0.3 is 0 Å². The first-order valence-corrected chi connectivity index (χ1v) is 7.03. The zero-order valence-electron chi connectivity index (χ0n) is 12.1. The maximum absolute atomic E-state index is 12.9. The van der Waals surface area contributed by atoms with Crippen LogP contribution in [0.4, 0.5) is 0 Å². The number of carbonyl (C=O) groups is 1. The van der Waals surface area contributed by atoms with E-state index >= 15 is 0 Å². The molecule has 3 heteroatoms. The lowest BCUT2D eigenvalue weighted by Crippen LogP contribution is -2.34. The van der Waals surface area contributed by atoms with Gasteiger partial charge in [0.2, 0.25) is 0 Å². The molecule has 0 aromatic heterocycles. The van der Waals surface area contributed by atoms with Crippen LogP contribution in [0.25, 0.3) is 0 Å². The molecule has 1 heterocycles. The summed E-state index contributed by atoms with van der Waals surface area (Å²) in [5.41, 5.74) is 1.65. The molecular formula is C16H23NO2. The molecule has 1 aromatic rings. The summed E-state index contributed by atoms with van der Waals surface area (Å²) < 4.78 is 5.20. The number of carbonyl (C=O) groups excluding carboxylic acids is 1. The van der Waals surface area contributed by atoms with Crippen LogP contribution in [-0.4, -0.2) is 26.0 Å². The van der Waals surface area contributed by atoms with E-state index in [2.05, 4.69) is 12.2 Å². The van der Waals surface area contributed by atoms with Gasteiger partial charge in [0.05, 0.1) is 7.11 Å². The Bertz CT molecular complexity index is 462. The van der Waals surface area contributed by atoms with Crippen molar-refractivity contribution in [3.63, 3.8) is 0 Å². The average Bonchev–Trinajstić information content (AvgIpc) is 2.88. The standard InChI is InChI=1S/C16H23NO2/c1-4-7-16(8-9-17-11-16)15(18)14-6-5-13(19-3)10-12(14)2/h5-6,10,17H,4,7-9,11H2,1-3H3. The maximum Gasteiger partial charge on any atom is 0.170 e. The Balaban J connectivity index is 2.32. The molecule has 1 atom stereocenters. The fourth-order valence-electron chi connectivity index (χ4n) is 3.05. The van der Waals surface area contributed by atoms with E-state index in [0.29, 0.717) is 5.78 Å². The molecule has 3 nitrogen and oxygen atoms in total. The SMILES string of the molecule is CCCC1(C(=O)c2ccc(OC)cc2C)CCNC1. The van der Waals surface area contributed by atoms with Gasteiger partial charge in [0.25, 0.3) is 0 Å². The van der Waals surface area contributed by atoms with Gasteiger partial charge in [-0.2, -0.15) is 0 Å². The molecule has 0 bridgehead atoms. The maximum atomic E-state index is 12.9. The number of hydrogen-bond donors (Lipinski definition) is 1. The summed E-state index contributed by atoms with van der Waals surface area (Å²) in [6, 6.07) is 5.73. The Hall–Kier alpha value is -1.35. The third-order valence-corrected chi connectivity index (χ3v) is 4.13. The van der Waals surface area contributed by atoms with E-state index in [9.17, 15) is 4.79 Å². The van der Waals surface area contributed by atoms with Crippen molar-refractivity contribution in [3.8, 4) is 5.75 Å². The Labute approximate surface area is 115 Å². The van der Waals surface area contributed by atoms with E-state index in [-0.39, 0.29) is 5.41 Å². The fraction of sp³-hybridized carbons (Fsp3) is 0.562. The molecule has 2 rings (SSSR count). The number of hydrogen-bond acceptors (Lipinski definition) is 3. The molecule has 1 saturated heterocycles. The number of nitrogens with one attached hydrogen (secondary N) is 1. The van der Waals surface area contributed by atoms with Gasteiger partial charge in [0, 0.05) is 17.5 Å². The molecule has 0 amide bonds. The first-order chi connectivity index (χ1) is 9.13. The van der Waals surface area contributed by atoms with Crippen molar-refractivity contribution >= 4 is 5.78 Å². The van der Waals surface area contributed by atoms with Crippen molar-refractivity contribution < 1.29 is 9.53 Å². The zero-order valence-corrected chi connectivity index (χ0v) is 12.1. The number of Topliss-reactive ketones (excluding diaryl/α,β-unsaturated/α-hetero) is 1. The van der Waals surface area contributed by atoms with Gasteiger partial charge in [0.1, 0.15) is 5.75 Å². The Morgan fingerprint density at radius 2 is 2.26 bits per heavy atom. The van der Waals surface area contributed by atoms with E-state index in [1.54, 1.807) is 7.11 Å². The van der Waals surface area contributed by atoms with Crippen molar-refractivity contribution in [2.75, 3.05) is 20.2 Å². The highest BCUT2D eigenvalue weighted by Gasteiger charge is 2.40. The molecule has 0 radical (unpaired) electrons. The Kier molecular flexibility index (Phi) is 4.25. The normalized spacial score (nSPS) is 22.5. The van der Waals surface area contributed by atoms with Crippen LogP contribution in [0.2, 0.25) is 0 Å². The molecule has 1 aliphatic rings. The number of benzene rings is 1. The van der Waals surface area contributed by atoms with Gasteiger partial charge in [-0.05, 0) is 50.1 Å². The summed E-state index contributed by atoms with van der Waals surface area (Å²) in [4.78, 5) is 12.9. The Morgan fingerprint density at radius 1 is 1.47 bits per heavy atom. The largest absolute Gasteiger partial charge is 0.497 e. The molecule has 1 fully saturated rings. The molecule has 1 aromatic carbocycles. The van der Waals surface area contributed by atoms with Gasteiger partial charge in [-0.3, -0.25) is 4.79 Å². The molecule has 104 valence electrons. The molecule has 0 spiro atoms. The quantitative estimate of drug-likeness (QED) is 0.828. The fourth-order valence-corrected chi connectivity index (χ4v) is 3.05. The predicted molar refractivity (Wildman–Crippen MR) is 76.9 cm³/mol. The number of ether oxygens (including phenoxy) is 1. The van der Waals surface area contributed by atoms with Crippen molar-refractivity contribution in [2.24, 2.45) is 5.41 Å². The number of ketones is 1. The second kappa shape index (κ2) is 5.74. The first kappa shape index (κ1) is 14.1. The van der Waals surface area contributed by atoms with Crippen LogP contribution in [0.3, 0.4) is 0 Å². The molecular weight excluding hydrogens is 238 g/mol. The number of methoxy groups -OCH3 is 1. The predicted octanol–water partition coefficient (Wildman–Crippen LogP) is 2.97. The minimum atomic E-state index is -0.200. The van der Waals surface area contributed by atoms with E-state index in [1.807, 2.05) is 25.1 Å². The molecule has 1 aliphatic heterocycles. The molecule has 19 heavy (non-hydrogen) atoms. The highest BCUT2D eigenvalue weighted by molar-refractivity contribution is 6.02. The number of aryl methyl sites for hydroxylation is 1. The Morgan fingerprint density at radius 3 is 2.79 bits per heavy atom. The van der Waals surface area contributed by atoms with Gasteiger partial charge in [-0.25, -0.2) is 0 Å². The second-order valence-electron chi connectivity index (χ2n) is 5.47. The monoisotopic (exact) mass is 261 g/mol. The molecule has 1 N–H and O–H groups in total. The summed E-state index contributed by atoms with van der Waals surface area (Å²) >= 11 is 0. The highest BCUT2D eigenvalue weighted by atomic mass is 16.5. The highest BCUT2D eigenvalue weighted by Crippen LogP contribution is 2.36. The lowest BCUT2D eigenvalue weighted by molar-refractivity contribution is 0.0801. The van der Waals surface area contributed by atoms with E-state index in [1.165, 1.54) is 0 Å². The van der Waals surface area contributed by atoms with Gasteiger partial charge < -0.3 is 10.1 Å². The summed E-state index contributed by atoms with van der Waals surface area (Å²) in [7, 11) is 1.65. The van der Waals surface area contributed by atoms with Gasteiger partial charge in [0.15, 0.2) is 5.78 Å². The molecule has 0 saturated carbocycles. The molecule has 0 aliphatic carbocycles. The third-order valence-electron chi connectivity index (χ3n) is 4.13. The van der Waals surface area contributed by atoms with Crippen molar-refractivity contribution in [2.45, 2.75) is 33.1 Å². The summed E-state index contributed by atoms with van der Waals surface area (Å²) in [5.74, 6) is 1.10. The van der Waals surface area contributed by atoms with Gasteiger partial charge in [-0.15, -0.1) is 0 Å². The first-order valence-electron chi connectivity index (χ1n) is 7.03. The summed E-state index contributed by atoms with van der Waals surface area (Å²) in [5, 5.41) is 3.35. The number of rotatable bonds is 5. The minimum Gasteiger partial charge on any atom is -0.497 e. The lowest BCUT2D eigenvalue weighted by Gasteiger charge is -2.27. The summed E-state index contributed by atoms with van der Waals surface area (Å²) in [6.07, 6.45) is 2.96. The second-order valence-corrected chi connectivity index (χ2v) is 5.47. The van der Waals surface area contributed by atoms with Crippen LogP contribution in [0, 0.1) is 12.3 Å². The van der Waals surface area contributed by atoms with E-state index < -0.39 is 0 Å². The van der Waals surface area contributed by atoms with Crippen LogP contribution in [0.5, 0.6) is 5.75 Å². The zero-order chi connectivity index (χ0) is 13.9. The lowest BCUT2D eigenvalue weighted by atomic mass is 9.75. The van der Waals surface area contributed by atoms with Crippen LogP contribution < -0.4 is 10.1 Å². The van der Waals surface area contributed by atoms with Crippen LogP contribution in [-0.2, 0) is 0 Å². The molecule has 1 unspecified atom stereocenters. The summed E-state index contributed by atoms with van der Waals surface area (Å²) in [6.45, 7) is 5.89. The minimum absolute atomic E-state index is 0.200. The third kappa shape index (κ3) is 2.66. The van der Waals surface area contributed by atoms with Crippen molar-refractivity contribution in [1.29, 1.82) is 0 Å². The topological polar surface area (TPSA) is 38.3 Å². The van der Waals surface area contributed by atoms with E-state index in [4.69, 9.17) is 4.74 Å². The van der Waals surface area contributed by atoms with Crippen molar-refractivity contribution in [3.05, 3.63) is 29.3 Å². The van der Waals surface area contributed by atoms with Crippen LogP contribution >= 0.6 is 0 Å². The van der Waals surface area contributed by atoms with Crippen molar-refractivity contribution in [1.82, 2.24) is 5.32 Å².